The lowest BCUT2D eigenvalue weighted by Crippen LogP contribution is -2.17. The molecule has 1 aromatic heterocycles. The Kier molecular flexibility index (Phi) is 4.68. The Hall–Kier alpha value is -3.25. The molecule has 1 aromatic carbocycles. The lowest BCUT2D eigenvalue weighted by atomic mass is 9.96. The first kappa shape index (κ1) is 16.1. The normalized spacial score (nSPS) is 11.3. The molecule has 0 aliphatic rings. The first-order valence-electron chi connectivity index (χ1n) is 7.15. The van der Waals surface area contributed by atoms with Crippen LogP contribution in [0.3, 0.4) is 0 Å². The number of ether oxygens (including phenoxy) is 1. The Labute approximate surface area is 133 Å². The quantitative estimate of drug-likeness (QED) is 0.900. The number of nitriles is 2. The summed E-state index contributed by atoms with van der Waals surface area (Å²) in [6.07, 6.45) is 0.744. The highest BCUT2D eigenvalue weighted by molar-refractivity contribution is 5.83. The topological polar surface area (TPSA) is 116 Å². The van der Waals surface area contributed by atoms with E-state index in [0.29, 0.717) is 11.3 Å². The number of pyridine rings is 1. The van der Waals surface area contributed by atoms with Gasteiger partial charge in [0.15, 0.2) is 0 Å². The number of aromatic amines is 1. The second-order valence-corrected chi connectivity index (χ2v) is 5.05. The SMILES string of the molecule is CCC(C)Oc1ccccc1-c1c(C#N)c(N)[nH]c(=O)c1C#N. The maximum absolute atomic E-state index is 12.0. The van der Waals surface area contributed by atoms with Crippen LogP contribution < -0.4 is 16.0 Å². The molecule has 116 valence electrons. The summed E-state index contributed by atoms with van der Waals surface area (Å²) < 4.78 is 5.86. The van der Waals surface area contributed by atoms with Crippen molar-refractivity contribution in [3.63, 3.8) is 0 Å². The number of para-hydroxylation sites is 1. The number of hydrogen-bond acceptors (Lipinski definition) is 5. The van der Waals surface area contributed by atoms with Crippen LogP contribution in [0, 0.1) is 22.7 Å². The molecule has 1 atom stereocenters. The van der Waals surface area contributed by atoms with Crippen molar-refractivity contribution < 1.29 is 4.74 Å². The van der Waals surface area contributed by atoms with Gasteiger partial charge in [-0.25, -0.2) is 0 Å². The highest BCUT2D eigenvalue weighted by Gasteiger charge is 2.21. The van der Waals surface area contributed by atoms with Gasteiger partial charge in [0.25, 0.3) is 5.56 Å². The predicted octanol–water partition coefficient (Wildman–Crippen LogP) is 2.54. The Morgan fingerprint density at radius 1 is 1.26 bits per heavy atom. The zero-order valence-corrected chi connectivity index (χ0v) is 12.9. The predicted molar refractivity (Wildman–Crippen MR) is 86.7 cm³/mol. The summed E-state index contributed by atoms with van der Waals surface area (Å²) in [7, 11) is 0. The van der Waals surface area contributed by atoms with Crippen LogP contribution in [0.2, 0.25) is 0 Å². The highest BCUT2D eigenvalue weighted by Crippen LogP contribution is 2.35. The average molecular weight is 308 g/mol. The van der Waals surface area contributed by atoms with E-state index in [0.717, 1.165) is 6.42 Å². The number of nitrogen functional groups attached to an aromatic ring is 1. The molecule has 0 saturated carbocycles. The van der Waals surface area contributed by atoms with Crippen molar-refractivity contribution in [3.8, 4) is 29.0 Å². The highest BCUT2D eigenvalue weighted by atomic mass is 16.5. The number of nitrogens with one attached hydrogen (secondary N) is 1. The largest absolute Gasteiger partial charge is 0.490 e. The van der Waals surface area contributed by atoms with Crippen LogP contribution in [-0.4, -0.2) is 11.1 Å². The van der Waals surface area contributed by atoms with Crippen molar-refractivity contribution in [3.05, 3.63) is 45.7 Å². The van der Waals surface area contributed by atoms with Crippen molar-refractivity contribution in [2.75, 3.05) is 5.73 Å². The Balaban J connectivity index is 2.81. The third-order valence-electron chi connectivity index (χ3n) is 3.53. The first-order chi connectivity index (χ1) is 11.0. The zero-order valence-electron chi connectivity index (χ0n) is 12.9. The van der Waals surface area contributed by atoms with Crippen LogP contribution >= 0.6 is 0 Å². The Morgan fingerprint density at radius 3 is 2.52 bits per heavy atom. The zero-order chi connectivity index (χ0) is 17.0. The molecule has 6 nitrogen and oxygen atoms in total. The molecule has 0 bridgehead atoms. The van der Waals surface area contributed by atoms with Crippen molar-refractivity contribution >= 4 is 5.82 Å². The van der Waals surface area contributed by atoms with Crippen molar-refractivity contribution in [1.82, 2.24) is 4.98 Å². The van der Waals surface area contributed by atoms with Crippen LogP contribution in [-0.2, 0) is 0 Å². The van der Waals surface area contributed by atoms with Gasteiger partial charge in [-0.1, -0.05) is 25.1 Å². The molecule has 0 amide bonds. The minimum absolute atomic E-state index is 0.0495. The fraction of sp³-hybridized carbons (Fsp3) is 0.235. The van der Waals surface area contributed by atoms with Gasteiger partial charge < -0.3 is 15.5 Å². The van der Waals surface area contributed by atoms with Gasteiger partial charge >= 0.3 is 0 Å². The van der Waals surface area contributed by atoms with E-state index in [1.807, 2.05) is 26.0 Å². The molecule has 3 N–H and O–H groups in total. The number of nitrogens with two attached hydrogens (primary N) is 1. The van der Waals surface area contributed by atoms with E-state index in [-0.39, 0.29) is 28.6 Å². The van der Waals surface area contributed by atoms with Crippen molar-refractivity contribution in [1.29, 1.82) is 10.5 Å². The Morgan fingerprint density at radius 2 is 1.91 bits per heavy atom. The summed E-state index contributed by atoms with van der Waals surface area (Å²) >= 11 is 0. The lowest BCUT2D eigenvalue weighted by molar-refractivity contribution is 0.218. The summed E-state index contributed by atoms with van der Waals surface area (Å²) in [6.45, 7) is 3.90. The molecule has 0 aliphatic heterocycles. The van der Waals surface area contributed by atoms with Gasteiger partial charge in [0.1, 0.15) is 34.8 Å². The van der Waals surface area contributed by atoms with E-state index in [1.165, 1.54) is 0 Å². The van der Waals surface area contributed by atoms with Crippen molar-refractivity contribution in [2.24, 2.45) is 0 Å². The molecule has 2 rings (SSSR count). The number of anilines is 1. The third kappa shape index (κ3) is 3.02. The van der Waals surface area contributed by atoms with Gasteiger partial charge in [-0.15, -0.1) is 0 Å². The van der Waals surface area contributed by atoms with Gasteiger partial charge in [0, 0.05) is 11.1 Å². The van der Waals surface area contributed by atoms with Gasteiger partial charge in [0.05, 0.1) is 6.10 Å². The number of aromatic nitrogens is 1. The van der Waals surface area contributed by atoms with Gasteiger partial charge in [-0.05, 0) is 19.4 Å². The molecule has 1 unspecified atom stereocenters. The number of hydrogen-bond donors (Lipinski definition) is 2. The van der Waals surface area contributed by atoms with E-state index >= 15 is 0 Å². The second kappa shape index (κ2) is 6.67. The molecular weight excluding hydrogens is 292 g/mol. The second-order valence-electron chi connectivity index (χ2n) is 5.05. The molecule has 0 fully saturated rings. The maximum atomic E-state index is 12.0. The molecule has 23 heavy (non-hydrogen) atoms. The standard InChI is InChI=1S/C17H16N4O2/c1-3-10(2)23-14-7-5-4-6-11(14)15-12(8-18)16(20)21-17(22)13(15)9-19/h4-7,10H,3H2,1-2H3,(H3,20,21,22). The summed E-state index contributed by atoms with van der Waals surface area (Å²) in [5.41, 5.74) is 5.72. The van der Waals surface area contributed by atoms with E-state index in [9.17, 15) is 15.3 Å². The number of H-pyrrole nitrogens is 1. The molecule has 2 aromatic rings. The monoisotopic (exact) mass is 308 g/mol. The average Bonchev–Trinajstić information content (AvgIpc) is 2.54. The van der Waals surface area contributed by atoms with Crippen LogP contribution in [0.1, 0.15) is 31.4 Å². The van der Waals surface area contributed by atoms with Gasteiger partial charge in [0.2, 0.25) is 0 Å². The molecule has 0 spiro atoms. The fourth-order valence-corrected chi connectivity index (χ4v) is 2.19. The van der Waals surface area contributed by atoms with Gasteiger partial charge in [-0.2, -0.15) is 10.5 Å². The van der Waals surface area contributed by atoms with Gasteiger partial charge in [-0.3, -0.25) is 4.79 Å². The summed E-state index contributed by atoms with van der Waals surface area (Å²) in [6, 6.07) is 10.8. The molecule has 0 radical (unpaired) electrons. The fourth-order valence-electron chi connectivity index (χ4n) is 2.19. The van der Waals surface area contributed by atoms with E-state index in [1.54, 1.807) is 24.3 Å². The van der Waals surface area contributed by atoms with Crippen LogP contribution in [0.5, 0.6) is 5.75 Å². The van der Waals surface area contributed by atoms with E-state index in [2.05, 4.69) is 4.98 Å². The third-order valence-corrected chi connectivity index (χ3v) is 3.53. The molecule has 0 aliphatic carbocycles. The van der Waals surface area contributed by atoms with Crippen LogP contribution in [0.25, 0.3) is 11.1 Å². The Bertz CT molecular complexity index is 872. The molecule has 1 heterocycles. The van der Waals surface area contributed by atoms with E-state index < -0.39 is 5.56 Å². The smallest absolute Gasteiger partial charge is 0.268 e. The minimum atomic E-state index is -0.627. The minimum Gasteiger partial charge on any atom is -0.490 e. The van der Waals surface area contributed by atoms with E-state index in [4.69, 9.17) is 10.5 Å². The maximum Gasteiger partial charge on any atom is 0.268 e. The summed E-state index contributed by atoms with van der Waals surface area (Å²) in [5.74, 6) is 0.435. The lowest BCUT2D eigenvalue weighted by Gasteiger charge is -2.17. The summed E-state index contributed by atoms with van der Waals surface area (Å²) in [4.78, 5) is 14.3. The molecular formula is C17H16N4O2. The molecule has 0 saturated heterocycles. The number of rotatable bonds is 4. The van der Waals surface area contributed by atoms with Crippen LogP contribution in [0.4, 0.5) is 5.82 Å². The number of benzene rings is 1. The first-order valence-corrected chi connectivity index (χ1v) is 7.15. The van der Waals surface area contributed by atoms with Crippen LogP contribution in [0.15, 0.2) is 29.1 Å². The van der Waals surface area contributed by atoms with Crippen molar-refractivity contribution in [2.45, 2.75) is 26.4 Å². The summed E-state index contributed by atoms with van der Waals surface area (Å²) in [5, 5.41) is 18.7. The molecule has 6 heteroatoms. The number of nitrogens with zero attached hydrogens (tertiary/aromatic N) is 2.